The van der Waals surface area contributed by atoms with Gasteiger partial charge in [-0.15, -0.1) is 0 Å². The fourth-order valence-electron chi connectivity index (χ4n) is 4.11. The van der Waals surface area contributed by atoms with Crippen LogP contribution in [0.3, 0.4) is 0 Å². The number of rotatable bonds is 4. The third-order valence-corrected chi connectivity index (χ3v) is 5.10. The highest BCUT2D eigenvalue weighted by atomic mass is 16.5. The molecule has 2 heterocycles. The lowest BCUT2D eigenvalue weighted by atomic mass is 10.1. The normalized spacial score (nSPS) is 29.2. The van der Waals surface area contributed by atoms with Crippen molar-refractivity contribution >= 4 is 12.3 Å². The van der Waals surface area contributed by atoms with Gasteiger partial charge in [-0.2, -0.15) is 0 Å². The highest BCUT2D eigenvalue weighted by Crippen LogP contribution is 2.45. The minimum atomic E-state index is -0.735. The van der Waals surface area contributed by atoms with Gasteiger partial charge in [0.05, 0.1) is 23.8 Å². The van der Waals surface area contributed by atoms with Crippen LogP contribution in [0.15, 0.2) is 12.1 Å². The molecule has 0 bridgehead atoms. The van der Waals surface area contributed by atoms with Gasteiger partial charge in [0.15, 0.2) is 12.0 Å². The summed E-state index contributed by atoms with van der Waals surface area (Å²) in [4.78, 5) is 25.1. The molecule has 2 aliphatic rings. The minimum Gasteiger partial charge on any atom is -0.357 e. The van der Waals surface area contributed by atoms with Gasteiger partial charge in [-0.05, 0) is 26.1 Å². The van der Waals surface area contributed by atoms with Gasteiger partial charge in [0.1, 0.15) is 0 Å². The molecule has 2 N–H and O–H groups in total. The van der Waals surface area contributed by atoms with Crippen LogP contribution in [0.4, 0.5) is 4.79 Å². The van der Waals surface area contributed by atoms with E-state index in [0.29, 0.717) is 12.1 Å². The second-order valence-corrected chi connectivity index (χ2v) is 6.05. The predicted molar refractivity (Wildman–Crippen MR) is 104 cm³/mol. The van der Waals surface area contributed by atoms with E-state index >= 15 is 0 Å². The van der Waals surface area contributed by atoms with E-state index in [1.807, 2.05) is 58.4 Å². The largest absolute Gasteiger partial charge is 0.357 e. The number of hydrogen-bond donors (Lipinski definition) is 2. The molecule has 1 saturated carbocycles. The highest BCUT2D eigenvalue weighted by Gasteiger charge is 2.62. The van der Waals surface area contributed by atoms with E-state index in [1.165, 1.54) is 0 Å². The molecule has 4 unspecified atom stereocenters. The zero-order valence-corrected chi connectivity index (χ0v) is 17.3. The van der Waals surface area contributed by atoms with Gasteiger partial charge in [0, 0.05) is 26.3 Å². The van der Waals surface area contributed by atoms with Gasteiger partial charge in [0.2, 0.25) is 0 Å². The predicted octanol–water partition coefficient (Wildman–Crippen LogP) is 2.56. The maximum atomic E-state index is 12.0. The fourth-order valence-corrected chi connectivity index (χ4v) is 4.11. The quantitative estimate of drug-likeness (QED) is 0.803. The maximum Gasteiger partial charge on any atom is 0.319 e. The van der Waals surface area contributed by atoms with Crippen LogP contribution in [0.5, 0.6) is 0 Å². The lowest BCUT2D eigenvalue weighted by molar-refractivity contribution is -0.0375. The summed E-state index contributed by atoms with van der Waals surface area (Å²) in [5.41, 5.74) is 0.927. The number of carbonyl (C=O) groups is 2. The molecule has 0 aromatic carbocycles. The van der Waals surface area contributed by atoms with Crippen molar-refractivity contribution in [2.45, 2.75) is 64.9 Å². The van der Waals surface area contributed by atoms with Crippen LogP contribution in [0.25, 0.3) is 0 Å². The van der Waals surface area contributed by atoms with Crippen molar-refractivity contribution in [1.29, 1.82) is 0 Å². The summed E-state index contributed by atoms with van der Waals surface area (Å²) in [6, 6.07) is 3.49. The van der Waals surface area contributed by atoms with Gasteiger partial charge < -0.3 is 24.8 Å². The third kappa shape index (κ3) is 3.38. The number of urea groups is 1. The number of aromatic nitrogens is 1. The first-order valence-corrected chi connectivity index (χ1v) is 9.39. The van der Waals surface area contributed by atoms with Crippen LogP contribution in [0.1, 0.15) is 56.3 Å². The molecule has 26 heavy (non-hydrogen) atoms. The van der Waals surface area contributed by atoms with Crippen molar-refractivity contribution in [3.63, 3.8) is 0 Å². The number of carbonyl (C=O) groups excluding carboxylic acids is 2. The number of nitrogens with zero attached hydrogens (tertiary/aromatic N) is 2. The first-order chi connectivity index (χ1) is 12.5. The molecule has 2 amide bonds. The van der Waals surface area contributed by atoms with Gasteiger partial charge in [-0.1, -0.05) is 27.7 Å². The SMILES string of the molecule is CC.CC.CNC1C(n2c(C)ccc2C=O)CC2(OC)NC(=O)N(C)C12. The Hall–Kier alpha value is -1.86. The second kappa shape index (κ2) is 9.19. The van der Waals surface area contributed by atoms with Gasteiger partial charge in [0.25, 0.3) is 0 Å². The number of amides is 2. The zero-order valence-electron chi connectivity index (χ0n) is 17.3. The lowest BCUT2D eigenvalue weighted by Gasteiger charge is -2.31. The molecule has 4 atom stereocenters. The van der Waals surface area contributed by atoms with Crippen molar-refractivity contribution < 1.29 is 14.3 Å². The number of hydrogen-bond acceptors (Lipinski definition) is 4. The molecule has 0 spiro atoms. The molecule has 1 aliphatic carbocycles. The lowest BCUT2D eigenvalue weighted by Crippen LogP contribution is -2.53. The average molecular weight is 367 g/mol. The first kappa shape index (κ1) is 22.2. The van der Waals surface area contributed by atoms with Crippen LogP contribution in [-0.2, 0) is 4.74 Å². The topological polar surface area (TPSA) is 75.6 Å². The van der Waals surface area contributed by atoms with E-state index in [2.05, 4.69) is 10.6 Å². The Morgan fingerprint density at radius 3 is 2.42 bits per heavy atom. The van der Waals surface area contributed by atoms with Gasteiger partial charge in [-0.3, -0.25) is 4.79 Å². The van der Waals surface area contributed by atoms with Gasteiger partial charge in [-0.25, -0.2) is 4.79 Å². The average Bonchev–Trinajstić information content (AvgIpc) is 3.28. The Bertz CT molecular complexity index is 616. The van der Waals surface area contributed by atoms with Crippen LogP contribution in [0.2, 0.25) is 0 Å². The first-order valence-electron chi connectivity index (χ1n) is 9.39. The van der Waals surface area contributed by atoms with Gasteiger partial charge >= 0.3 is 6.03 Å². The standard InChI is InChI=1S/C15H22N4O3.2C2H6/c1-9-5-6-10(8-20)19(9)11-7-15(22-4)13(12(11)16-2)18(3)14(21)17-15;2*1-2/h5-6,8,11-13,16H,7H2,1-4H3,(H,17,21);2*1-2H3. The summed E-state index contributed by atoms with van der Waals surface area (Å²) in [5, 5.41) is 6.28. The molecule has 148 valence electrons. The second-order valence-electron chi connectivity index (χ2n) is 6.05. The Morgan fingerprint density at radius 2 is 1.92 bits per heavy atom. The number of nitrogens with one attached hydrogen (secondary N) is 2. The summed E-state index contributed by atoms with van der Waals surface area (Å²) in [5.74, 6) is 0. The number of likely N-dealkylation sites (N-methyl/N-ethyl adjacent to an activating group) is 2. The van der Waals surface area contributed by atoms with E-state index in [4.69, 9.17) is 4.74 Å². The number of aldehydes is 1. The molecule has 1 aromatic rings. The Balaban J connectivity index is 0.000000791. The van der Waals surface area contributed by atoms with Crippen molar-refractivity contribution in [2.24, 2.45) is 0 Å². The summed E-state index contributed by atoms with van der Waals surface area (Å²) in [6.45, 7) is 9.98. The van der Waals surface area contributed by atoms with Crippen LogP contribution >= 0.6 is 0 Å². The molecule has 3 rings (SSSR count). The van der Waals surface area contributed by atoms with Crippen LogP contribution in [-0.4, -0.2) is 60.8 Å². The molecule has 1 aromatic heterocycles. The molecular weight excluding hydrogens is 332 g/mol. The number of aryl methyl sites for hydroxylation is 1. The van der Waals surface area contributed by atoms with E-state index in [-0.39, 0.29) is 24.2 Å². The minimum absolute atomic E-state index is 0.0197. The third-order valence-electron chi connectivity index (χ3n) is 5.10. The van der Waals surface area contributed by atoms with E-state index in [1.54, 1.807) is 19.1 Å². The summed E-state index contributed by atoms with van der Waals surface area (Å²) < 4.78 is 7.76. The smallest absolute Gasteiger partial charge is 0.319 e. The molecule has 1 saturated heterocycles. The molecule has 0 radical (unpaired) electrons. The Kier molecular flexibility index (Phi) is 7.84. The van der Waals surface area contributed by atoms with E-state index in [9.17, 15) is 9.59 Å². The zero-order chi connectivity index (χ0) is 20.1. The Labute approximate surface area is 157 Å². The Morgan fingerprint density at radius 1 is 1.31 bits per heavy atom. The number of ether oxygens (including phenoxy) is 1. The molecular formula is C19H34N4O3. The van der Waals surface area contributed by atoms with E-state index < -0.39 is 5.72 Å². The maximum absolute atomic E-state index is 12.0. The monoisotopic (exact) mass is 366 g/mol. The summed E-state index contributed by atoms with van der Waals surface area (Å²) in [6.07, 6.45) is 1.47. The van der Waals surface area contributed by atoms with Crippen molar-refractivity contribution in [3.05, 3.63) is 23.5 Å². The van der Waals surface area contributed by atoms with Crippen molar-refractivity contribution in [1.82, 2.24) is 20.1 Å². The van der Waals surface area contributed by atoms with Crippen molar-refractivity contribution in [2.75, 3.05) is 21.2 Å². The molecule has 7 heteroatoms. The van der Waals surface area contributed by atoms with Crippen LogP contribution in [0, 0.1) is 6.92 Å². The van der Waals surface area contributed by atoms with Crippen LogP contribution < -0.4 is 10.6 Å². The van der Waals surface area contributed by atoms with E-state index in [0.717, 1.165) is 12.0 Å². The van der Waals surface area contributed by atoms with Crippen molar-refractivity contribution in [3.8, 4) is 0 Å². The summed E-state index contributed by atoms with van der Waals surface area (Å²) >= 11 is 0. The number of fused-ring (bicyclic) bond motifs is 1. The molecule has 7 nitrogen and oxygen atoms in total. The summed E-state index contributed by atoms with van der Waals surface area (Å²) in [7, 11) is 5.26. The molecule has 1 aliphatic heterocycles. The highest BCUT2D eigenvalue weighted by molar-refractivity contribution is 5.79. The fraction of sp³-hybridized carbons (Fsp3) is 0.684. The molecule has 2 fully saturated rings. The number of methoxy groups -OCH3 is 1.